The Balaban J connectivity index is 1.71. The number of hydrogen-bond donors (Lipinski definition) is 1. The first-order valence-electron chi connectivity index (χ1n) is 7.25. The molecule has 1 aliphatic heterocycles. The summed E-state index contributed by atoms with van der Waals surface area (Å²) in [5, 5.41) is 1.19. The van der Waals surface area contributed by atoms with E-state index in [4.69, 9.17) is 4.74 Å². The highest BCUT2D eigenvalue weighted by Gasteiger charge is 2.54. The summed E-state index contributed by atoms with van der Waals surface area (Å²) < 4.78 is 5.34. The Labute approximate surface area is 117 Å². The molecule has 0 bridgehead atoms. The normalized spacial score (nSPS) is 21.1. The van der Waals surface area contributed by atoms with Gasteiger partial charge in [-0.25, -0.2) is 0 Å². The zero-order valence-corrected chi connectivity index (χ0v) is 11.4. The van der Waals surface area contributed by atoms with Gasteiger partial charge in [0.1, 0.15) is 0 Å². The third-order valence-corrected chi connectivity index (χ3v) is 4.56. The van der Waals surface area contributed by atoms with Crippen molar-refractivity contribution in [2.75, 3.05) is 26.3 Å². The fraction of sp³-hybridized carbons (Fsp3) is 0.438. The fourth-order valence-electron chi connectivity index (χ4n) is 3.26. The van der Waals surface area contributed by atoms with E-state index in [-0.39, 0.29) is 11.3 Å². The van der Waals surface area contributed by atoms with Gasteiger partial charge in [0.15, 0.2) is 0 Å². The molecule has 0 radical (unpaired) electrons. The summed E-state index contributed by atoms with van der Waals surface area (Å²) in [6, 6.07) is 8.23. The molecule has 1 aromatic heterocycles. The number of carbonyl (C=O) groups is 1. The van der Waals surface area contributed by atoms with Crippen LogP contribution in [0.3, 0.4) is 0 Å². The maximum Gasteiger partial charge on any atom is 0.233 e. The zero-order valence-electron chi connectivity index (χ0n) is 11.4. The first-order valence-corrected chi connectivity index (χ1v) is 7.25. The molecule has 1 saturated carbocycles. The molecular formula is C16H18N2O2. The van der Waals surface area contributed by atoms with Gasteiger partial charge in [-0.1, -0.05) is 18.2 Å². The number of rotatable bonds is 2. The van der Waals surface area contributed by atoms with Crippen molar-refractivity contribution in [3.63, 3.8) is 0 Å². The maximum atomic E-state index is 12.9. The van der Waals surface area contributed by atoms with Gasteiger partial charge in [-0.2, -0.15) is 0 Å². The molecule has 1 amide bonds. The largest absolute Gasteiger partial charge is 0.378 e. The highest BCUT2D eigenvalue weighted by atomic mass is 16.5. The number of nitrogens with one attached hydrogen (secondary N) is 1. The second-order valence-electron chi connectivity index (χ2n) is 5.73. The van der Waals surface area contributed by atoms with Crippen LogP contribution in [-0.4, -0.2) is 42.1 Å². The lowest BCUT2D eigenvalue weighted by Gasteiger charge is -2.30. The minimum Gasteiger partial charge on any atom is -0.378 e. The zero-order chi connectivity index (χ0) is 13.6. The van der Waals surface area contributed by atoms with E-state index in [1.807, 2.05) is 23.2 Å². The molecule has 1 aromatic carbocycles. The number of aromatic nitrogens is 1. The molecule has 20 heavy (non-hydrogen) atoms. The van der Waals surface area contributed by atoms with Gasteiger partial charge >= 0.3 is 0 Å². The molecule has 2 fully saturated rings. The summed E-state index contributed by atoms with van der Waals surface area (Å²) >= 11 is 0. The summed E-state index contributed by atoms with van der Waals surface area (Å²) in [7, 11) is 0. The lowest BCUT2D eigenvalue weighted by molar-refractivity contribution is -0.138. The number of aromatic amines is 1. The molecule has 1 aliphatic carbocycles. The number of carbonyl (C=O) groups excluding carboxylic acids is 1. The quantitative estimate of drug-likeness (QED) is 0.908. The van der Waals surface area contributed by atoms with Crippen LogP contribution in [0.2, 0.25) is 0 Å². The number of amides is 1. The van der Waals surface area contributed by atoms with E-state index in [1.54, 1.807) is 0 Å². The molecular weight excluding hydrogens is 252 g/mol. The van der Waals surface area contributed by atoms with Gasteiger partial charge in [-0.05, 0) is 24.5 Å². The topological polar surface area (TPSA) is 45.3 Å². The van der Waals surface area contributed by atoms with E-state index in [0.717, 1.165) is 31.4 Å². The average Bonchev–Trinajstić information content (AvgIpc) is 3.20. The van der Waals surface area contributed by atoms with Crippen molar-refractivity contribution < 1.29 is 9.53 Å². The van der Waals surface area contributed by atoms with Crippen LogP contribution in [0.4, 0.5) is 0 Å². The third-order valence-electron chi connectivity index (χ3n) is 4.56. The van der Waals surface area contributed by atoms with E-state index in [0.29, 0.717) is 13.2 Å². The standard InChI is InChI=1S/C16H18N2O2/c19-15(18-7-9-20-10-8-18)16(5-6-16)13-11-17-14-4-2-1-3-12(13)14/h1-4,11,17H,5-10H2. The van der Waals surface area contributed by atoms with Crippen LogP contribution in [0.1, 0.15) is 18.4 Å². The minimum atomic E-state index is -0.281. The van der Waals surface area contributed by atoms with Crippen molar-refractivity contribution in [3.8, 4) is 0 Å². The van der Waals surface area contributed by atoms with Crippen LogP contribution < -0.4 is 0 Å². The lowest BCUT2D eigenvalue weighted by Crippen LogP contribution is -2.45. The number of fused-ring (bicyclic) bond motifs is 1. The van der Waals surface area contributed by atoms with Gasteiger partial charge in [0.2, 0.25) is 5.91 Å². The number of para-hydroxylation sites is 1. The van der Waals surface area contributed by atoms with E-state index in [1.165, 1.54) is 10.9 Å². The van der Waals surface area contributed by atoms with Crippen molar-refractivity contribution in [2.45, 2.75) is 18.3 Å². The van der Waals surface area contributed by atoms with Gasteiger partial charge in [0.05, 0.1) is 18.6 Å². The molecule has 4 rings (SSSR count). The monoisotopic (exact) mass is 270 g/mol. The summed E-state index contributed by atoms with van der Waals surface area (Å²) in [5.74, 6) is 0.283. The Hall–Kier alpha value is -1.81. The number of hydrogen-bond acceptors (Lipinski definition) is 2. The molecule has 1 saturated heterocycles. The molecule has 4 nitrogen and oxygen atoms in total. The van der Waals surface area contributed by atoms with E-state index in [9.17, 15) is 4.79 Å². The second-order valence-corrected chi connectivity index (χ2v) is 5.73. The Kier molecular flexibility index (Phi) is 2.60. The van der Waals surface area contributed by atoms with E-state index < -0.39 is 0 Å². The molecule has 0 spiro atoms. The SMILES string of the molecule is O=C(N1CCOCC1)C1(c2c[nH]c3ccccc23)CC1. The van der Waals surface area contributed by atoms with Crippen LogP contribution in [0.15, 0.2) is 30.5 Å². The predicted octanol–water partition coefficient (Wildman–Crippen LogP) is 2.06. The summed E-state index contributed by atoms with van der Waals surface area (Å²) in [5.41, 5.74) is 2.00. The van der Waals surface area contributed by atoms with Crippen LogP contribution in [0.5, 0.6) is 0 Å². The molecule has 4 heteroatoms. The van der Waals surface area contributed by atoms with E-state index >= 15 is 0 Å². The third kappa shape index (κ3) is 1.68. The molecule has 2 aromatic rings. The smallest absolute Gasteiger partial charge is 0.233 e. The molecule has 2 heterocycles. The van der Waals surface area contributed by atoms with Crippen LogP contribution in [-0.2, 0) is 14.9 Å². The Morgan fingerprint density at radius 2 is 1.95 bits per heavy atom. The van der Waals surface area contributed by atoms with Crippen LogP contribution >= 0.6 is 0 Å². The Morgan fingerprint density at radius 3 is 2.70 bits per heavy atom. The van der Waals surface area contributed by atoms with Gasteiger partial charge in [0, 0.05) is 30.2 Å². The van der Waals surface area contributed by atoms with Gasteiger partial charge in [0.25, 0.3) is 0 Å². The number of H-pyrrole nitrogens is 1. The fourth-order valence-corrected chi connectivity index (χ4v) is 3.26. The highest BCUT2D eigenvalue weighted by molar-refractivity contribution is 5.97. The molecule has 1 N–H and O–H groups in total. The van der Waals surface area contributed by atoms with Crippen molar-refractivity contribution in [3.05, 3.63) is 36.0 Å². The van der Waals surface area contributed by atoms with Crippen molar-refractivity contribution >= 4 is 16.8 Å². The van der Waals surface area contributed by atoms with E-state index in [2.05, 4.69) is 17.1 Å². The Bertz CT molecular complexity index is 651. The maximum absolute atomic E-state index is 12.9. The van der Waals surface area contributed by atoms with Crippen molar-refractivity contribution in [2.24, 2.45) is 0 Å². The van der Waals surface area contributed by atoms with Crippen LogP contribution in [0, 0.1) is 0 Å². The second kappa shape index (κ2) is 4.35. The van der Waals surface area contributed by atoms with Gasteiger partial charge < -0.3 is 14.6 Å². The number of benzene rings is 1. The molecule has 0 atom stereocenters. The average molecular weight is 270 g/mol. The summed E-state index contributed by atoms with van der Waals surface area (Å²) in [4.78, 5) is 18.1. The Morgan fingerprint density at radius 1 is 1.20 bits per heavy atom. The number of nitrogens with zero attached hydrogens (tertiary/aromatic N) is 1. The predicted molar refractivity (Wildman–Crippen MR) is 76.6 cm³/mol. The number of morpholine rings is 1. The van der Waals surface area contributed by atoms with Gasteiger partial charge in [-0.15, -0.1) is 0 Å². The summed E-state index contributed by atoms with van der Waals surface area (Å²) in [6.45, 7) is 2.78. The molecule has 104 valence electrons. The van der Waals surface area contributed by atoms with Crippen LogP contribution in [0.25, 0.3) is 10.9 Å². The van der Waals surface area contributed by atoms with Crippen molar-refractivity contribution in [1.29, 1.82) is 0 Å². The molecule has 0 unspecified atom stereocenters. The van der Waals surface area contributed by atoms with Gasteiger partial charge in [-0.3, -0.25) is 4.79 Å². The minimum absolute atomic E-state index is 0.281. The van der Waals surface area contributed by atoms with Crippen molar-refractivity contribution in [1.82, 2.24) is 9.88 Å². The number of ether oxygens (including phenoxy) is 1. The lowest BCUT2D eigenvalue weighted by atomic mass is 9.93. The molecule has 2 aliphatic rings. The first kappa shape index (κ1) is 12.0. The summed E-state index contributed by atoms with van der Waals surface area (Å²) in [6.07, 6.45) is 3.95. The highest BCUT2D eigenvalue weighted by Crippen LogP contribution is 2.51. The first-order chi connectivity index (χ1) is 9.81.